The summed E-state index contributed by atoms with van der Waals surface area (Å²) in [5.41, 5.74) is 4.42. The first kappa shape index (κ1) is 23.9. The predicted octanol–water partition coefficient (Wildman–Crippen LogP) is 6.83. The number of nitrogens with one attached hydrogen (secondary N) is 2. The summed E-state index contributed by atoms with van der Waals surface area (Å²) in [7, 11) is -4.00. The average molecular weight is 518 g/mol. The van der Waals surface area contributed by atoms with E-state index in [1.165, 1.54) is 18.2 Å². The first-order valence-electron chi connectivity index (χ1n) is 11.5. The van der Waals surface area contributed by atoms with E-state index >= 15 is 0 Å². The van der Waals surface area contributed by atoms with Crippen LogP contribution >= 0.6 is 11.6 Å². The molecule has 5 aromatic rings. The molecule has 0 fully saturated rings. The van der Waals surface area contributed by atoms with Crippen molar-refractivity contribution in [3.8, 4) is 0 Å². The summed E-state index contributed by atoms with van der Waals surface area (Å²) in [6.07, 6.45) is 0. The van der Waals surface area contributed by atoms with Crippen LogP contribution < -0.4 is 10.0 Å². The number of rotatable bonds is 6. The van der Waals surface area contributed by atoms with Gasteiger partial charge in [0.15, 0.2) is 0 Å². The lowest BCUT2D eigenvalue weighted by Gasteiger charge is -2.12. The molecule has 0 aliphatic rings. The number of nitrogens with zero attached hydrogens (tertiary/aromatic N) is 1. The van der Waals surface area contributed by atoms with Gasteiger partial charge < -0.3 is 9.88 Å². The summed E-state index contributed by atoms with van der Waals surface area (Å²) in [5.74, 6) is -0.433. The molecule has 1 amide bonds. The molecule has 0 aliphatic heterocycles. The Morgan fingerprint density at radius 2 is 1.56 bits per heavy atom. The number of benzene rings is 4. The molecule has 0 saturated carbocycles. The molecule has 4 aromatic carbocycles. The molecule has 0 saturated heterocycles. The normalized spacial score (nSPS) is 11.6. The van der Waals surface area contributed by atoms with Crippen LogP contribution in [0.2, 0.25) is 5.02 Å². The number of sulfonamides is 1. The fourth-order valence-electron chi connectivity index (χ4n) is 4.36. The lowest BCUT2D eigenvalue weighted by atomic mass is 10.1. The van der Waals surface area contributed by atoms with Gasteiger partial charge in [-0.05, 0) is 68.4 Å². The molecule has 0 bridgehead atoms. The second-order valence-electron chi connectivity index (χ2n) is 8.56. The van der Waals surface area contributed by atoms with E-state index in [2.05, 4.69) is 33.7 Å². The van der Waals surface area contributed by atoms with Crippen molar-refractivity contribution >= 4 is 60.7 Å². The van der Waals surface area contributed by atoms with Crippen molar-refractivity contribution in [2.45, 2.75) is 25.3 Å². The third-order valence-corrected chi connectivity index (χ3v) is 8.00. The minimum atomic E-state index is -4.00. The van der Waals surface area contributed by atoms with Gasteiger partial charge in [0.25, 0.3) is 15.9 Å². The molecule has 2 N–H and O–H groups in total. The Labute approximate surface area is 214 Å². The second-order valence-corrected chi connectivity index (χ2v) is 10.6. The number of aromatic nitrogens is 1. The molecule has 0 unspecified atom stereocenters. The highest BCUT2D eigenvalue weighted by atomic mass is 35.5. The minimum Gasteiger partial charge on any atom is -0.341 e. The van der Waals surface area contributed by atoms with E-state index in [0.29, 0.717) is 11.4 Å². The Morgan fingerprint density at radius 3 is 2.31 bits per heavy atom. The van der Waals surface area contributed by atoms with Gasteiger partial charge in [-0.25, -0.2) is 8.42 Å². The average Bonchev–Trinajstić information content (AvgIpc) is 3.18. The zero-order valence-electron chi connectivity index (χ0n) is 19.7. The molecule has 0 atom stereocenters. The van der Waals surface area contributed by atoms with Gasteiger partial charge in [0.2, 0.25) is 0 Å². The van der Waals surface area contributed by atoms with Gasteiger partial charge >= 0.3 is 0 Å². The zero-order valence-corrected chi connectivity index (χ0v) is 21.3. The van der Waals surface area contributed by atoms with Gasteiger partial charge in [-0.15, -0.1) is 0 Å². The number of halogens is 1. The molecule has 0 radical (unpaired) electrons. The Hall–Kier alpha value is -3.81. The molecule has 8 heteroatoms. The van der Waals surface area contributed by atoms with Crippen LogP contribution in [0.3, 0.4) is 0 Å². The number of hydrogen-bond acceptors (Lipinski definition) is 3. The summed E-state index contributed by atoms with van der Waals surface area (Å²) in [6.45, 7) is 4.84. The Bertz CT molecular complexity index is 1730. The molecule has 182 valence electrons. The number of anilines is 2. The SMILES string of the molecule is CCn1c2ccccc2c2cc(NC(=O)c3ccc(Cl)c(S(=O)(=O)Nc4ccc(C)cc4)c3)ccc21. The third-order valence-electron chi connectivity index (χ3n) is 6.13. The number of carbonyl (C=O) groups excluding carboxylic acids is 1. The van der Waals surface area contributed by atoms with Gasteiger partial charge in [-0.1, -0.05) is 47.5 Å². The lowest BCUT2D eigenvalue weighted by molar-refractivity contribution is 0.102. The van der Waals surface area contributed by atoms with Crippen molar-refractivity contribution in [1.82, 2.24) is 4.57 Å². The van der Waals surface area contributed by atoms with E-state index in [0.717, 1.165) is 33.9 Å². The Balaban J connectivity index is 1.45. The Kier molecular flexibility index (Phi) is 6.20. The van der Waals surface area contributed by atoms with E-state index in [4.69, 9.17) is 11.6 Å². The quantitative estimate of drug-likeness (QED) is 0.259. The topological polar surface area (TPSA) is 80.2 Å². The lowest BCUT2D eigenvalue weighted by Crippen LogP contribution is -2.16. The molecule has 0 aliphatic carbocycles. The first-order chi connectivity index (χ1) is 17.3. The van der Waals surface area contributed by atoms with Crippen LogP contribution in [-0.4, -0.2) is 18.9 Å². The summed E-state index contributed by atoms with van der Waals surface area (Å²) in [6, 6.07) is 25.1. The number of fused-ring (bicyclic) bond motifs is 3. The summed E-state index contributed by atoms with van der Waals surface area (Å²) < 4.78 is 30.8. The zero-order chi connectivity index (χ0) is 25.4. The number of amides is 1. The van der Waals surface area contributed by atoms with E-state index in [9.17, 15) is 13.2 Å². The van der Waals surface area contributed by atoms with E-state index in [1.807, 2.05) is 37.3 Å². The van der Waals surface area contributed by atoms with E-state index in [-0.39, 0.29) is 15.5 Å². The highest BCUT2D eigenvalue weighted by Gasteiger charge is 2.21. The van der Waals surface area contributed by atoms with Crippen LogP contribution in [0, 0.1) is 6.92 Å². The van der Waals surface area contributed by atoms with Crippen molar-refractivity contribution < 1.29 is 13.2 Å². The number of aryl methyl sites for hydroxylation is 2. The van der Waals surface area contributed by atoms with Crippen molar-refractivity contribution in [2.24, 2.45) is 0 Å². The standard InChI is InChI=1S/C28H24ClN3O3S/c1-3-32-25-7-5-4-6-22(25)23-17-21(13-15-26(23)32)30-28(33)19-10-14-24(29)27(16-19)36(34,35)31-20-11-8-18(2)9-12-20/h4-17,31H,3H2,1-2H3,(H,30,33). The maximum atomic E-state index is 13.1. The van der Waals surface area contributed by atoms with Gasteiger partial charge in [0.05, 0.1) is 5.02 Å². The fourth-order valence-corrected chi connectivity index (χ4v) is 5.94. The summed E-state index contributed by atoms with van der Waals surface area (Å²) in [4.78, 5) is 12.9. The largest absolute Gasteiger partial charge is 0.341 e. The van der Waals surface area contributed by atoms with E-state index in [1.54, 1.807) is 24.3 Å². The van der Waals surface area contributed by atoms with Crippen LogP contribution in [0.1, 0.15) is 22.8 Å². The third kappa shape index (κ3) is 4.43. The van der Waals surface area contributed by atoms with Crippen LogP contribution in [0.15, 0.2) is 89.8 Å². The van der Waals surface area contributed by atoms with Gasteiger partial charge in [-0.3, -0.25) is 9.52 Å². The van der Waals surface area contributed by atoms with Crippen LogP contribution in [0.5, 0.6) is 0 Å². The van der Waals surface area contributed by atoms with E-state index < -0.39 is 15.9 Å². The maximum absolute atomic E-state index is 13.1. The van der Waals surface area contributed by atoms with Gasteiger partial charge in [-0.2, -0.15) is 0 Å². The van der Waals surface area contributed by atoms with Crippen molar-refractivity contribution in [1.29, 1.82) is 0 Å². The highest BCUT2D eigenvalue weighted by molar-refractivity contribution is 7.92. The van der Waals surface area contributed by atoms with Crippen molar-refractivity contribution in [3.05, 3.63) is 101 Å². The maximum Gasteiger partial charge on any atom is 0.263 e. The fraction of sp³-hybridized carbons (Fsp3) is 0.107. The summed E-state index contributed by atoms with van der Waals surface area (Å²) in [5, 5.41) is 5.06. The molecule has 6 nitrogen and oxygen atoms in total. The number of para-hydroxylation sites is 1. The van der Waals surface area contributed by atoms with Crippen molar-refractivity contribution in [3.63, 3.8) is 0 Å². The van der Waals surface area contributed by atoms with Gasteiger partial charge in [0.1, 0.15) is 4.90 Å². The molecule has 1 heterocycles. The molecular weight excluding hydrogens is 494 g/mol. The molecule has 5 rings (SSSR count). The van der Waals surface area contributed by atoms with Crippen molar-refractivity contribution in [2.75, 3.05) is 10.0 Å². The highest BCUT2D eigenvalue weighted by Crippen LogP contribution is 2.31. The molecule has 1 aromatic heterocycles. The predicted molar refractivity (Wildman–Crippen MR) is 147 cm³/mol. The second kappa shape index (κ2) is 9.33. The summed E-state index contributed by atoms with van der Waals surface area (Å²) >= 11 is 6.22. The number of hydrogen-bond donors (Lipinski definition) is 2. The van der Waals surface area contributed by atoms with Crippen LogP contribution in [-0.2, 0) is 16.6 Å². The number of carbonyl (C=O) groups is 1. The monoisotopic (exact) mass is 517 g/mol. The molecular formula is C28H24ClN3O3S. The molecule has 36 heavy (non-hydrogen) atoms. The minimum absolute atomic E-state index is 0.0277. The van der Waals surface area contributed by atoms with Crippen LogP contribution in [0.25, 0.3) is 21.8 Å². The molecule has 0 spiro atoms. The smallest absolute Gasteiger partial charge is 0.263 e. The Morgan fingerprint density at radius 1 is 0.861 bits per heavy atom. The van der Waals surface area contributed by atoms with Gasteiger partial charge in [0, 0.05) is 45.3 Å². The van der Waals surface area contributed by atoms with Crippen LogP contribution in [0.4, 0.5) is 11.4 Å². The first-order valence-corrected chi connectivity index (χ1v) is 13.3.